The SMILES string of the molecule is C=CC(=O)c1cccc(O)c1CC. The quantitative estimate of drug-likeness (QED) is 0.567. The topological polar surface area (TPSA) is 37.3 Å². The Balaban J connectivity index is 3.27. The molecule has 0 aliphatic rings. The predicted molar refractivity (Wildman–Crippen MR) is 52.0 cm³/mol. The standard InChI is InChI=1S/C11H12O2/c1-3-8-9(10(12)4-2)6-5-7-11(8)13/h4-7,13H,2-3H2,1H3. The summed E-state index contributed by atoms with van der Waals surface area (Å²) in [6, 6.07) is 4.94. The number of phenols is 1. The van der Waals surface area contributed by atoms with Gasteiger partial charge in [0.25, 0.3) is 0 Å². The van der Waals surface area contributed by atoms with E-state index in [4.69, 9.17) is 0 Å². The van der Waals surface area contributed by atoms with Crippen LogP contribution in [0.2, 0.25) is 0 Å². The van der Waals surface area contributed by atoms with Gasteiger partial charge in [-0.05, 0) is 18.6 Å². The number of hydrogen-bond donors (Lipinski definition) is 1. The van der Waals surface area contributed by atoms with Crippen molar-refractivity contribution in [1.29, 1.82) is 0 Å². The van der Waals surface area contributed by atoms with E-state index in [1.165, 1.54) is 6.08 Å². The van der Waals surface area contributed by atoms with Crippen molar-refractivity contribution in [2.75, 3.05) is 0 Å². The molecule has 2 heteroatoms. The highest BCUT2D eigenvalue weighted by Crippen LogP contribution is 2.21. The maximum Gasteiger partial charge on any atom is 0.185 e. The molecule has 1 aromatic rings. The van der Waals surface area contributed by atoms with Gasteiger partial charge in [0.05, 0.1) is 0 Å². The summed E-state index contributed by atoms with van der Waals surface area (Å²) in [6.07, 6.45) is 1.90. The number of ketones is 1. The van der Waals surface area contributed by atoms with Crippen molar-refractivity contribution in [3.8, 4) is 5.75 Å². The summed E-state index contributed by atoms with van der Waals surface area (Å²) in [5, 5.41) is 9.45. The third kappa shape index (κ3) is 1.78. The highest BCUT2D eigenvalue weighted by molar-refractivity contribution is 6.05. The number of allylic oxidation sites excluding steroid dienone is 1. The molecule has 1 N–H and O–H groups in total. The van der Waals surface area contributed by atoms with E-state index < -0.39 is 0 Å². The zero-order chi connectivity index (χ0) is 9.84. The van der Waals surface area contributed by atoms with Gasteiger partial charge in [0.1, 0.15) is 5.75 Å². The van der Waals surface area contributed by atoms with Crippen molar-refractivity contribution in [2.24, 2.45) is 0 Å². The van der Waals surface area contributed by atoms with E-state index in [1.54, 1.807) is 18.2 Å². The summed E-state index contributed by atoms with van der Waals surface area (Å²) >= 11 is 0. The molecule has 2 nitrogen and oxygen atoms in total. The Morgan fingerprint density at radius 2 is 2.31 bits per heavy atom. The molecular weight excluding hydrogens is 164 g/mol. The zero-order valence-electron chi connectivity index (χ0n) is 7.58. The summed E-state index contributed by atoms with van der Waals surface area (Å²) in [5.74, 6) is 0.0305. The van der Waals surface area contributed by atoms with Gasteiger partial charge in [-0.25, -0.2) is 0 Å². The van der Waals surface area contributed by atoms with Crippen molar-refractivity contribution in [2.45, 2.75) is 13.3 Å². The van der Waals surface area contributed by atoms with Crippen LogP contribution in [0.25, 0.3) is 0 Å². The summed E-state index contributed by atoms with van der Waals surface area (Å²) in [5.41, 5.74) is 1.23. The van der Waals surface area contributed by atoms with Crippen molar-refractivity contribution in [3.63, 3.8) is 0 Å². The third-order valence-corrected chi connectivity index (χ3v) is 1.96. The van der Waals surface area contributed by atoms with E-state index in [0.29, 0.717) is 17.5 Å². The third-order valence-electron chi connectivity index (χ3n) is 1.96. The Morgan fingerprint density at radius 3 is 2.85 bits per heavy atom. The second-order valence-electron chi connectivity index (χ2n) is 2.73. The van der Waals surface area contributed by atoms with E-state index in [0.717, 1.165) is 0 Å². The molecule has 0 unspecified atom stereocenters. The summed E-state index contributed by atoms with van der Waals surface area (Å²) < 4.78 is 0. The van der Waals surface area contributed by atoms with E-state index in [2.05, 4.69) is 6.58 Å². The lowest BCUT2D eigenvalue weighted by atomic mass is 10.0. The molecule has 13 heavy (non-hydrogen) atoms. The lowest BCUT2D eigenvalue weighted by Gasteiger charge is -2.05. The highest BCUT2D eigenvalue weighted by atomic mass is 16.3. The van der Waals surface area contributed by atoms with Crippen LogP contribution in [-0.4, -0.2) is 10.9 Å². The smallest absolute Gasteiger partial charge is 0.185 e. The number of phenolic OH excluding ortho intramolecular Hbond substituents is 1. The van der Waals surface area contributed by atoms with Crippen LogP contribution >= 0.6 is 0 Å². The van der Waals surface area contributed by atoms with Gasteiger partial charge in [-0.1, -0.05) is 25.6 Å². The molecule has 1 rings (SSSR count). The largest absolute Gasteiger partial charge is 0.508 e. The number of hydrogen-bond acceptors (Lipinski definition) is 2. The van der Waals surface area contributed by atoms with Crippen LogP contribution in [-0.2, 0) is 6.42 Å². The van der Waals surface area contributed by atoms with Crippen LogP contribution in [0.1, 0.15) is 22.8 Å². The molecule has 0 amide bonds. The van der Waals surface area contributed by atoms with Crippen molar-refractivity contribution < 1.29 is 9.90 Å². The maximum atomic E-state index is 11.3. The van der Waals surface area contributed by atoms with Gasteiger partial charge in [-0.3, -0.25) is 4.79 Å². The number of carbonyl (C=O) groups is 1. The summed E-state index contributed by atoms with van der Waals surface area (Å²) in [4.78, 5) is 11.3. The number of aromatic hydroxyl groups is 1. The average Bonchev–Trinajstić information content (AvgIpc) is 2.16. The minimum absolute atomic E-state index is 0.146. The van der Waals surface area contributed by atoms with E-state index in [-0.39, 0.29) is 11.5 Å². The molecule has 0 aliphatic carbocycles. The lowest BCUT2D eigenvalue weighted by Crippen LogP contribution is -1.99. The average molecular weight is 176 g/mol. The molecule has 0 aliphatic heterocycles. The van der Waals surface area contributed by atoms with Crippen molar-refractivity contribution in [1.82, 2.24) is 0 Å². The highest BCUT2D eigenvalue weighted by Gasteiger charge is 2.09. The maximum absolute atomic E-state index is 11.3. The molecule has 0 atom stereocenters. The fourth-order valence-electron chi connectivity index (χ4n) is 1.29. The summed E-state index contributed by atoms with van der Waals surface area (Å²) in [6.45, 7) is 5.31. The molecule has 0 aromatic heterocycles. The molecule has 0 saturated heterocycles. The van der Waals surface area contributed by atoms with E-state index in [1.807, 2.05) is 6.92 Å². The van der Waals surface area contributed by atoms with Gasteiger partial charge >= 0.3 is 0 Å². The predicted octanol–water partition coefficient (Wildman–Crippen LogP) is 2.32. The Morgan fingerprint density at radius 1 is 1.62 bits per heavy atom. The monoisotopic (exact) mass is 176 g/mol. The van der Waals surface area contributed by atoms with Crippen LogP contribution in [0.15, 0.2) is 30.9 Å². The van der Waals surface area contributed by atoms with Crippen LogP contribution in [0.5, 0.6) is 5.75 Å². The molecule has 68 valence electrons. The lowest BCUT2D eigenvalue weighted by molar-refractivity contribution is 0.104. The van der Waals surface area contributed by atoms with Gasteiger partial charge in [-0.15, -0.1) is 0 Å². The molecule has 0 spiro atoms. The van der Waals surface area contributed by atoms with Gasteiger partial charge in [0.2, 0.25) is 0 Å². The molecule has 0 fully saturated rings. The molecule has 0 saturated carbocycles. The first-order valence-corrected chi connectivity index (χ1v) is 4.18. The first kappa shape index (κ1) is 9.52. The van der Waals surface area contributed by atoms with Gasteiger partial charge in [-0.2, -0.15) is 0 Å². The molecule has 0 bridgehead atoms. The zero-order valence-corrected chi connectivity index (χ0v) is 7.58. The number of rotatable bonds is 3. The van der Waals surface area contributed by atoms with Crippen molar-refractivity contribution in [3.05, 3.63) is 42.0 Å². The Kier molecular flexibility index (Phi) is 2.85. The van der Waals surface area contributed by atoms with Crippen LogP contribution < -0.4 is 0 Å². The normalized spacial score (nSPS) is 9.62. The number of carbonyl (C=O) groups excluding carboxylic acids is 1. The Labute approximate surface area is 77.5 Å². The van der Waals surface area contributed by atoms with Crippen LogP contribution in [0.3, 0.4) is 0 Å². The first-order valence-electron chi connectivity index (χ1n) is 4.18. The van der Waals surface area contributed by atoms with Gasteiger partial charge in [0.15, 0.2) is 5.78 Å². The van der Waals surface area contributed by atoms with Gasteiger partial charge < -0.3 is 5.11 Å². The minimum Gasteiger partial charge on any atom is -0.508 e. The molecule has 0 radical (unpaired) electrons. The van der Waals surface area contributed by atoms with Crippen LogP contribution in [0.4, 0.5) is 0 Å². The molecular formula is C11H12O2. The first-order chi connectivity index (χ1) is 6.20. The van der Waals surface area contributed by atoms with Crippen LogP contribution in [0, 0.1) is 0 Å². The second kappa shape index (κ2) is 3.90. The Hall–Kier alpha value is -1.57. The molecule has 0 heterocycles. The van der Waals surface area contributed by atoms with E-state index >= 15 is 0 Å². The minimum atomic E-state index is -0.146. The second-order valence-corrected chi connectivity index (χ2v) is 2.73. The van der Waals surface area contributed by atoms with Crippen molar-refractivity contribution >= 4 is 5.78 Å². The fraction of sp³-hybridized carbons (Fsp3) is 0.182. The van der Waals surface area contributed by atoms with E-state index in [9.17, 15) is 9.90 Å². The number of benzene rings is 1. The van der Waals surface area contributed by atoms with Gasteiger partial charge in [0, 0.05) is 11.1 Å². The molecule has 1 aromatic carbocycles. The Bertz CT molecular complexity index is 340. The summed E-state index contributed by atoms with van der Waals surface area (Å²) in [7, 11) is 0. The fourth-order valence-corrected chi connectivity index (χ4v) is 1.29.